The highest BCUT2D eigenvalue weighted by atomic mass is 35.5. The minimum absolute atomic E-state index is 0.0516. The quantitative estimate of drug-likeness (QED) is 0.607. The highest BCUT2D eigenvalue weighted by Crippen LogP contribution is 2.25. The standard InChI is InChI=1S/C18H17Cl2N3O4S/c1-27-7-6-23(28(25,26)14-9-12(19)8-13(20)10-14)11-17-21-16-5-3-2-4-15(16)18(24)22-17/h2-5,8-10H,6-7,11H2,1H3,(H,21,22,24). The van der Waals surface area contributed by atoms with Gasteiger partial charge in [0.25, 0.3) is 5.56 Å². The summed E-state index contributed by atoms with van der Waals surface area (Å²) in [6.07, 6.45) is 0. The van der Waals surface area contributed by atoms with Crippen LogP contribution < -0.4 is 5.56 Å². The normalized spacial score (nSPS) is 12.0. The van der Waals surface area contributed by atoms with Crippen molar-refractivity contribution in [3.05, 3.63) is 68.7 Å². The Morgan fingerprint density at radius 3 is 2.50 bits per heavy atom. The number of sulfonamides is 1. The van der Waals surface area contributed by atoms with Crippen LogP contribution in [0, 0.1) is 0 Å². The largest absolute Gasteiger partial charge is 0.383 e. The summed E-state index contributed by atoms with van der Waals surface area (Å²) in [6, 6.07) is 10.9. The Morgan fingerprint density at radius 1 is 1.14 bits per heavy atom. The van der Waals surface area contributed by atoms with Gasteiger partial charge in [-0.3, -0.25) is 4.79 Å². The van der Waals surface area contributed by atoms with E-state index in [9.17, 15) is 13.2 Å². The summed E-state index contributed by atoms with van der Waals surface area (Å²) in [5.41, 5.74) is 0.145. The summed E-state index contributed by atoms with van der Waals surface area (Å²) >= 11 is 11.9. The number of fused-ring (bicyclic) bond motifs is 1. The average Bonchev–Trinajstić information content (AvgIpc) is 2.64. The van der Waals surface area contributed by atoms with Gasteiger partial charge in [0.05, 0.1) is 29.0 Å². The van der Waals surface area contributed by atoms with Crippen LogP contribution in [0.25, 0.3) is 10.9 Å². The molecule has 7 nitrogen and oxygen atoms in total. The third-order valence-corrected chi connectivity index (χ3v) is 6.27. The summed E-state index contributed by atoms with van der Waals surface area (Å²) in [5.74, 6) is 0.219. The Kier molecular flexibility index (Phi) is 6.36. The fourth-order valence-electron chi connectivity index (χ4n) is 2.68. The second-order valence-electron chi connectivity index (χ2n) is 5.97. The molecular formula is C18H17Cl2N3O4S. The molecule has 0 bridgehead atoms. The molecule has 0 spiro atoms. The summed E-state index contributed by atoms with van der Waals surface area (Å²) in [5, 5.41) is 0.837. The minimum atomic E-state index is -3.96. The topological polar surface area (TPSA) is 92.4 Å². The van der Waals surface area contributed by atoms with Gasteiger partial charge in [-0.2, -0.15) is 4.31 Å². The van der Waals surface area contributed by atoms with Crippen LogP contribution in [0.1, 0.15) is 5.82 Å². The third-order valence-electron chi connectivity index (χ3n) is 4.01. The lowest BCUT2D eigenvalue weighted by Gasteiger charge is -2.21. The first-order valence-corrected chi connectivity index (χ1v) is 10.4. The number of hydrogen-bond acceptors (Lipinski definition) is 5. The van der Waals surface area contributed by atoms with Crippen molar-refractivity contribution in [1.29, 1.82) is 0 Å². The van der Waals surface area contributed by atoms with Crippen LogP contribution in [0.15, 0.2) is 52.2 Å². The minimum Gasteiger partial charge on any atom is -0.383 e. The molecule has 0 aliphatic carbocycles. The van der Waals surface area contributed by atoms with E-state index in [0.717, 1.165) is 4.31 Å². The molecule has 1 heterocycles. The average molecular weight is 442 g/mol. The number of para-hydroxylation sites is 1. The van der Waals surface area contributed by atoms with Crippen molar-refractivity contribution in [2.75, 3.05) is 20.3 Å². The molecule has 0 radical (unpaired) electrons. The number of nitrogens with one attached hydrogen (secondary N) is 1. The lowest BCUT2D eigenvalue weighted by Crippen LogP contribution is -2.34. The van der Waals surface area contributed by atoms with E-state index in [1.54, 1.807) is 24.3 Å². The van der Waals surface area contributed by atoms with Crippen LogP contribution in [0.4, 0.5) is 0 Å². The molecule has 10 heteroatoms. The third kappa shape index (κ3) is 4.53. The molecule has 0 atom stereocenters. The Labute approximate surface area is 171 Å². The first kappa shape index (κ1) is 20.8. The molecule has 3 aromatic rings. The zero-order chi connectivity index (χ0) is 20.3. The first-order chi connectivity index (χ1) is 13.3. The fourth-order valence-corrected chi connectivity index (χ4v) is 4.79. The van der Waals surface area contributed by atoms with E-state index in [0.29, 0.717) is 10.9 Å². The monoisotopic (exact) mass is 441 g/mol. The summed E-state index contributed by atoms with van der Waals surface area (Å²) in [7, 11) is -2.49. The molecule has 28 heavy (non-hydrogen) atoms. The second kappa shape index (κ2) is 8.59. The van der Waals surface area contributed by atoms with Crippen molar-refractivity contribution >= 4 is 44.1 Å². The van der Waals surface area contributed by atoms with Gasteiger partial charge in [-0.1, -0.05) is 35.3 Å². The summed E-state index contributed by atoms with van der Waals surface area (Å²) < 4.78 is 32.4. The first-order valence-electron chi connectivity index (χ1n) is 8.24. The second-order valence-corrected chi connectivity index (χ2v) is 8.78. The highest BCUT2D eigenvalue weighted by Gasteiger charge is 2.26. The van der Waals surface area contributed by atoms with Gasteiger partial charge in [0.1, 0.15) is 5.82 Å². The Hall–Kier alpha value is -1.97. The van der Waals surface area contributed by atoms with Crippen LogP contribution >= 0.6 is 23.2 Å². The molecule has 0 aliphatic heterocycles. The number of ether oxygens (including phenoxy) is 1. The van der Waals surface area contributed by atoms with Crippen molar-refractivity contribution in [3.8, 4) is 0 Å². The molecule has 0 fully saturated rings. The zero-order valence-electron chi connectivity index (χ0n) is 14.9. The number of benzene rings is 2. The van der Waals surface area contributed by atoms with Crippen molar-refractivity contribution in [2.45, 2.75) is 11.4 Å². The number of methoxy groups -OCH3 is 1. The van der Waals surface area contributed by atoms with Gasteiger partial charge in [0, 0.05) is 23.7 Å². The van der Waals surface area contributed by atoms with E-state index < -0.39 is 10.0 Å². The molecular weight excluding hydrogens is 425 g/mol. The van der Waals surface area contributed by atoms with Gasteiger partial charge >= 0.3 is 0 Å². The van der Waals surface area contributed by atoms with Crippen molar-refractivity contribution in [1.82, 2.24) is 14.3 Å². The molecule has 1 N–H and O–H groups in total. The van der Waals surface area contributed by atoms with E-state index in [2.05, 4.69) is 9.97 Å². The van der Waals surface area contributed by atoms with Gasteiger partial charge in [-0.25, -0.2) is 13.4 Å². The van der Waals surface area contributed by atoms with E-state index in [-0.39, 0.29) is 46.0 Å². The number of nitrogens with zero attached hydrogens (tertiary/aromatic N) is 2. The van der Waals surface area contributed by atoms with Crippen molar-refractivity contribution in [3.63, 3.8) is 0 Å². The van der Waals surface area contributed by atoms with Crippen LogP contribution in [0.3, 0.4) is 0 Å². The number of aromatic nitrogens is 2. The number of hydrogen-bond donors (Lipinski definition) is 1. The summed E-state index contributed by atoms with van der Waals surface area (Å²) in [6.45, 7) is 0.0702. The molecule has 3 rings (SSSR count). The lowest BCUT2D eigenvalue weighted by atomic mass is 10.2. The Balaban J connectivity index is 2.01. The van der Waals surface area contributed by atoms with E-state index >= 15 is 0 Å². The molecule has 2 aromatic carbocycles. The maximum Gasteiger partial charge on any atom is 0.258 e. The van der Waals surface area contributed by atoms with Gasteiger partial charge < -0.3 is 9.72 Å². The molecule has 0 amide bonds. The van der Waals surface area contributed by atoms with Crippen molar-refractivity contribution in [2.24, 2.45) is 0 Å². The molecule has 0 aliphatic rings. The number of aromatic amines is 1. The van der Waals surface area contributed by atoms with Crippen LogP contribution in [-0.2, 0) is 21.3 Å². The molecule has 0 unspecified atom stereocenters. The van der Waals surface area contributed by atoms with E-state index in [1.807, 2.05) is 0 Å². The lowest BCUT2D eigenvalue weighted by molar-refractivity contribution is 0.176. The number of rotatable bonds is 7. The molecule has 148 valence electrons. The van der Waals surface area contributed by atoms with Crippen LogP contribution in [0.2, 0.25) is 10.0 Å². The predicted octanol–water partition coefficient (Wildman–Crippen LogP) is 3.07. The van der Waals surface area contributed by atoms with E-state index in [4.69, 9.17) is 27.9 Å². The highest BCUT2D eigenvalue weighted by molar-refractivity contribution is 7.89. The van der Waals surface area contributed by atoms with Crippen LogP contribution in [0.5, 0.6) is 0 Å². The maximum absolute atomic E-state index is 13.1. The smallest absolute Gasteiger partial charge is 0.258 e. The molecule has 0 saturated heterocycles. The predicted molar refractivity (Wildman–Crippen MR) is 108 cm³/mol. The van der Waals surface area contributed by atoms with Gasteiger partial charge in [-0.05, 0) is 30.3 Å². The molecule has 1 aromatic heterocycles. The zero-order valence-corrected chi connectivity index (χ0v) is 17.2. The SMILES string of the molecule is COCCN(Cc1nc2ccccc2c(=O)[nH]1)S(=O)(=O)c1cc(Cl)cc(Cl)c1. The van der Waals surface area contributed by atoms with Crippen molar-refractivity contribution < 1.29 is 13.2 Å². The van der Waals surface area contributed by atoms with E-state index in [1.165, 1.54) is 25.3 Å². The Morgan fingerprint density at radius 2 is 1.82 bits per heavy atom. The van der Waals surface area contributed by atoms with Gasteiger partial charge in [0.2, 0.25) is 10.0 Å². The van der Waals surface area contributed by atoms with Crippen LogP contribution in [-0.4, -0.2) is 43.0 Å². The van der Waals surface area contributed by atoms with Gasteiger partial charge in [0.15, 0.2) is 0 Å². The molecule has 0 saturated carbocycles. The Bertz CT molecular complexity index is 1140. The van der Waals surface area contributed by atoms with Gasteiger partial charge in [-0.15, -0.1) is 0 Å². The fraction of sp³-hybridized carbons (Fsp3) is 0.222. The summed E-state index contributed by atoms with van der Waals surface area (Å²) in [4.78, 5) is 19.2. The maximum atomic E-state index is 13.1. The number of H-pyrrole nitrogens is 1. The number of halogens is 2.